The van der Waals surface area contributed by atoms with E-state index in [2.05, 4.69) is 5.32 Å². The van der Waals surface area contributed by atoms with Gasteiger partial charge in [0.25, 0.3) is 10.0 Å². The monoisotopic (exact) mass is 563 g/mol. The molecule has 3 aromatic rings. The normalized spacial score (nSPS) is 11.9. The lowest BCUT2D eigenvalue weighted by Crippen LogP contribution is -2.50. The number of benzene rings is 3. The molecule has 0 radical (unpaired) electrons. The molecule has 3 rings (SSSR count). The Bertz CT molecular complexity index is 1370. The number of rotatable bonds is 10. The van der Waals surface area contributed by atoms with Crippen molar-refractivity contribution in [3.63, 3.8) is 0 Å². The lowest BCUT2D eigenvalue weighted by molar-refractivity contribution is -0.139. The summed E-state index contributed by atoms with van der Waals surface area (Å²) in [5, 5.41) is 3.26. The second-order valence-corrected chi connectivity index (χ2v) is 10.8. The van der Waals surface area contributed by atoms with Crippen LogP contribution < -0.4 is 14.4 Å². The van der Waals surface area contributed by atoms with Crippen LogP contribution >= 0.6 is 23.2 Å². The van der Waals surface area contributed by atoms with E-state index in [1.54, 1.807) is 55.5 Å². The molecule has 1 atom stereocenters. The van der Waals surface area contributed by atoms with Crippen molar-refractivity contribution in [3.8, 4) is 5.75 Å². The third-order valence-corrected chi connectivity index (χ3v) is 7.92. The van der Waals surface area contributed by atoms with Gasteiger partial charge in [-0.2, -0.15) is 0 Å². The van der Waals surface area contributed by atoms with Crippen molar-refractivity contribution in [2.75, 3.05) is 25.0 Å². The number of hydrogen-bond acceptors (Lipinski definition) is 5. The van der Waals surface area contributed by atoms with Gasteiger partial charge in [-0.1, -0.05) is 53.5 Å². The van der Waals surface area contributed by atoms with Gasteiger partial charge in [0.05, 0.1) is 17.7 Å². The van der Waals surface area contributed by atoms with Crippen molar-refractivity contribution in [2.24, 2.45) is 0 Å². The molecule has 0 saturated heterocycles. The van der Waals surface area contributed by atoms with Crippen LogP contribution in [0, 0.1) is 0 Å². The van der Waals surface area contributed by atoms with E-state index in [1.807, 2.05) is 0 Å². The number of methoxy groups -OCH3 is 1. The number of nitrogens with zero attached hydrogens (tertiary/aromatic N) is 2. The molecular weight excluding hydrogens is 537 g/mol. The molecule has 0 aliphatic heterocycles. The maximum absolute atomic E-state index is 13.8. The van der Waals surface area contributed by atoms with Gasteiger partial charge in [0.15, 0.2) is 0 Å². The van der Waals surface area contributed by atoms with Crippen molar-refractivity contribution in [2.45, 2.75) is 24.4 Å². The zero-order valence-corrected chi connectivity index (χ0v) is 22.8. The molecule has 0 spiro atoms. The number of hydrogen-bond donors (Lipinski definition) is 1. The predicted octanol–water partition coefficient (Wildman–Crippen LogP) is 4.36. The smallest absolute Gasteiger partial charge is 0.264 e. The van der Waals surface area contributed by atoms with E-state index in [1.165, 1.54) is 43.3 Å². The summed E-state index contributed by atoms with van der Waals surface area (Å²) in [6.45, 7) is 0.979. The number of carbonyl (C=O) groups excluding carboxylic acids is 2. The molecule has 11 heteroatoms. The Balaban J connectivity index is 2.10. The van der Waals surface area contributed by atoms with Gasteiger partial charge in [-0.25, -0.2) is 8.42 Å². The van der Waals surface area contributed by atoms with E-state index < -0.39 is 34.4 Å². The number of carbonyl (C=O) groups is 2. The van der Waals surface area contributed by atoms with Crippen LogP contribution in [0.5, 0.6) is 5.75 Å². The fourth-order valence-corrected chi connectivity index (χ4v) is 5.53. The van der Waals surface area contributed by atoms with E-state index in [0.717, 1.165) is 4.31 Å². The van der Waals surface area contributed by atoms with Crippen molar-refractivity contribution < 1.29 is 22.7 Å². The number of anilines is 1. The lowest BCUT2D eigenvalue weighted by Gasteiger charge is -2.32. The van der Waals surface area contributed by atoms with Crippen molar-refractivity contribution in [1.82, 2.24) is 10.2 Å². The van der Waals surface area contributed by atoms with Crippen molar-refractivity contribution in [1.29, 1.82) is 0 Å². The third-order valence-electron chi connectivity index (χ3n) is 5.68. The molecule has 0 unspecified atom stereocenters. The minimum Gasteiger partial charge on any atom is -0.495 e. The second-order valence-electron chi connectivity index (χ2n) is 8.08. The molecule has 196 valence electrons. The fraction of sp³-hybridized carbons (Fsp3) is 0.231. The largest absolute Gasteiger partial charge is 0.495 e. The minimum absolute atomic E-state index is 0.0226. The number of nitrogens with one attached hydrogen (secondary N) is 1. The molecule has 1 N–H and O–H groups in total. The van der Waals surface area contributed by atoms with Crippen LogP contribution in [-0.4, -0.2) is 51.9 Å². The van der Waals surface area contributed by atoms with Gasteiger partial charge in [0.1, 0.15) is 18.3 Å². The van der Waals surface area contributed by atoms with Gasteiger partial charge in [-0.15, -0.1) is 0 Å². The molecule has 37 heavy (non-hydrogen) atoms. The number of halogens is 2. The SMILES string of the molecule is CNC(=O)[C@H](C)N(Cc1cccc(Cl)c1)C(=O)CN(c1cc(Cl)ccc1OC)S(=O)(=O)c1ccccc1. The molecule has 2 amide bonds. The maximum Gasteiger partial charge on any atom is 0.264 e. The highest BCUT2D eigenvalue weighted by Gasteiger charge is 2.33. The zero-order chi connectivity index (χ0) is 27.2. The molecule has 0 saturated carbocycles. The molecule has 0 aliphatic carbocycles. The molecule has 0 aromatic heterocycles. The summed E-state index contributed by atoms with van der Waals surface area (Å²) in [4.78, 5) is 27.6. The highest BCUT2D eigenvalue weighted by atomic mass is 35.5. The van der Waals surface area contributed by atoms with Crippen molar-refractivity contribution >= 4 is 50.7 Å². The summed E-state index contributed by atoms with van der Waals surface area (Å²) in [5.74, 6) is -0.816. The average molecular weight is 564 g/mol. The van der Waals surface area contributed by atoms with Crippen LogP contribution in [0.3, 0.4) is 0 Å². The number of likely N-dealkylation sites (N-methyl/N-ethyl adjacent to an activating group) is 1. The summed E-state index contributed by atoms with van der Waals surface area (Å²) < 4.78 is 33.9. The van der Waals surface area contributed by atoms with Crippen LogP contribution in [-0.2, 0) is 26.2 Å². The van der Waals surface area contributed by atoms with Gasteiger partial charge >= 0.3 is 0 Å². The van der Waals surface area contributed by atoms with Crippen LogP contribution in [0.4, 0.5) is 5.69 Å². The molecule has 0 fully saturated rings. The van der Waals surface area contributed by atoms with Gasteiger partial charge in [0, 0.05) is 23.6 Å². The van der Waals surface area contributed by atoms with E-state index in [4.69, 9.17) is 27.9 Å². The number of sulfonamides is 1. The second kappa shape index (κ2) is 12.3. The zero-order valence-electron chi connectivity index (χ0n) is 20.5. The Morgan fingerprint density at radius 2 is 1.65 bits per heavy atom. The summed E-state index contributed by atoms with van der Waals surface area (Å²) in [7, 11) is -1.39. The average Bonchev–Trinajstić information content (AvgIpc) is 2.89. The standard InChI is InChI=1S/C26H27Cl2N3O5S/c1-18(26(33)29-2)30(16-19-8-7-9-20(27)14-19)25(32)17-31(23-15-21(28)12-13-24(23)36-3)37(34,35)22-10-5-4-6-11-22/h4-15,18H,16-17H2,1-3H3,(H,29,33)/t18-/m0/s1. The molecule has 3 aromatic carbocycles. The van der Waals surface area contributed by atoms with Crippen LogP contribution in [0.25, 0.3) is 0 Å². The van der Waals surface area contributed by atoms with Crippen LogP contribution in [0.15, 0.2) is 77.7 Å². The van der Waals surface area contributed by atoms with Gasteiger partial charge in [-0.3, -0.25) is 13.9 Å². The van der Waals surface area contributed by atoms with Gasteiger partial charge < -0.3 is 15.0 Å². The molecule has 0 bridgehead atoms. The Hall–Kier alpha value is -3.27. The summed E-state index contributed by atoms with van der Waals surface area (Å²) >= 11 is 12.3. The molecule has 0 aliphatic rings. The number of amides is 2. The predicted molar refractivity (Wildman–Crippen MR) is 145 cm³/mol. The Morgan fingerprint density at radius 3 is 2.27 bits per heavy atom. The quantitative estimate of drug-likeness (QED) is 0.395. The van der Waals surface area contributed by atoms with E-state index >= 15 is 0 Å². The molecular formula is C26H27Cl2N3O5S. The molecule has 8 nitrogen and oxygen atoms in total. The Morgan fingerprint density at radius 1 is 0.973 bits per heavy atom. The Kier molecular flexibility index (Phi) is 9.42. The number of ether oxygens (including phenoxy) is 1. The van der Waals surface area contributed by atoms with Gasteiger partial charge in [-0.05, 0) is 55.0 Å². The first kappa shape index (κ1) is 28.3. The van der Waals surface area contributed by atoms with E-state index in [-0.39, 0.29) is 27.9 Å². The first-order chi connectivity index (χ1) is 17.6. The highest BCUT2D eigenvalue weighted by Crippen LogP contribution is 2.35. The Labute approximate surface area is 226 Å². The van der Waals surface area contributed by atoms with Crippen molar-refractivity contribution in [3.05, 3.63) is 88.4 Å². The first-order valence-electron chi connectivity index (χ1n) is 11.2. The first-order valence-corrected chi connectivity index (χ1v) is 13.4. The summed E-state index contributed by atoms with van der Waals surface area (Å²) in [6.07, 6.45) is 0. The fourth-order valence-electron chi connectivity index (χ4n) is 3.71. The topological polar surface area (TPSA) is 96.0 Å². The summed E-state index contributed by atoms with van der Waals surface area (Å²) in [5.41, 5.74) is 0.761. The summed E-state index contributed by atoms with van der Waals surface area (Å²) in [6, 6.07) is 18.2. The van der Waals surface area contributed by atoms with Crippen LogP contribution in [0.1, 0.15) is 12.5 Å². The van der Waals surface area contributed by atoms with E-state index in [0.29, 0.717) is 10.6 Å². The minimum atomic E-state index is -4.24. The molecule has 0 heterocycles. The third kappa shape index (κ3) is 6.74. The van der Waals surface area contributed by atoms with E-state index in [9.17, 15) is 18.0 Å². The van der Waals surface area contributed by atoms with Gasteiger partial charge in [0.2, 0.25) is 11.8 Å². The van der Waals surface area contributed by atoms with Crippen LogP contribution in [0.2, 0.25) is 10.0 Å². The highest BCUT2D eigenvalue weighted by molar-refractivity contribution is 7.92. The lowest BCUT2D eigenvalue weighted by atomic mass is 10.1. The maximum atomic E-state index is 13.8.